The SMILES string of the molecule is CC1=CC(C)=N/C1=C(/c1ccncc1C)c1[nH]c(C)cc1C. The number of aliphatic imine (C=N–C) groups is 1. The predicted molar refractivity (Wildman–Crippen MR) is 92.1 cm³/mol. The number of hydrogen-bond acceptors (Lipinski definition) is 2. The van der Waals surface area contributed by atoms with Crippen molar-refractivity contribution in [3.8, 4) is 0 Å². The zero-order valence-electron chi connectivity index (χ0n) is 13.8. The summed E-state index contributed by atoms with van der Waals surface area (Å²) in [5, 5.41) is 0. The van der Waals surface area contributed by atoms with Crippen molar-refractivity contribution in [1.82, 2.24) is 9.97 Å². The van der Waals surface area contributed by atoms with E-state index in [0.29, 0.717) is 0 Å². The summed E-state index contributed by atoms with van der Waals surface area (Å²) in [6, 6.07) is 4.25. The maximum absolute atomic E-state index is 4.78. The van der Waals surface area contributed by atoms with Crippen LogP contribution in [0, 0.1) is 20.8 Å². The van der Waals surface area contributed by atoms with Crippen molar-refractivity contribution in [3.63, 3.8) is 0 Å². The van der Waals surface area contributed by atoms with E-state index in [-0.39, 0.29) is 0 Å². The van der Waals surface area contributed by atoms with Crippen molar-refractivity contribution in [2.45, 2.75) is 34.6 Å². The van der Waals surface area contributed by atoms with Gasteiger partial charge in [0.2, 0.25) is 0 Å². The molecule has 0 aromatic carbocycles. The van der Waals surface area contributed by atoms with E-state index in [2.05, 4.69) is 55.9 Å². The van der Waals surface area contributed by atoms with Crippen molar-refractivity contribution in [2.75, 3.05) is 0 Å². The monoisotopic (exact) mass is 291 g/mol. The van der Waals surface area contributed by atoms with E-state index >= 15 is 0 Å². The van der Waals surface area contributed by atoms with Crippen LogP contribution < -0.4 is 0 Å². The number of aromatic nitrogens is 2. The minimum atomic E-state index is 1.05. The molecule has 2 aromatic heterocycles. The number of hydrogen-bond donors (Lipinski definition) is 1. The van der Waals surface area contributed by atoms with Gasteiger partial charge in [0, 0.05) is 29.4 Å². The zero-order chi connectivity index (χ0) is 15.9. The predicted octanol–water partition coefficient (Wildman–Crippen LogP) is 4.52. The molecule has 3 rings (SSSR count). The molecular formula is C19H21N3. The van der Waals surface area contributed by atoms with Gasteiger partial charge in [0.1, 0.15) is 0 Å². The van der Waals surface area contributed by atoms with Gasteiger partial charge in [-0.1, -0.05) is 0 Å². The van der Waals surface area contributed by atoms with E-state index in [1.165, 1.54) is 16.7 Å². The minimum absolute atomic E-state index is 1.05. The highest BCUT2D eigenvalue weighted by Gasteiger charge is 2.20. The molecule has 112 valence electrons. The lowest BCUT2D eigenvalue weighted by atomic mass is 9.94. The Hall–Kier alpha value is -2.42. The molecule has 0 aliphatic carbocycles. The molecule has 0 amide bonds. The molecule has 0 spiro atoms. The lowest BCUT2D eigenvalue weighted by Crippen LogP contribution is -1.99. The third-order valence-corrected chi connectivity index (χ3v) is 4.01. The van der Waals surface area contributed by atoms with E-state index in [1.54, 1.807) is 0 Å². The number of rotatable bonds is 2. The van der Waals surface area contributed by atoms with Crippen LogP contribution in [0.25, 0.3) is 5.57 Å². The summed E-state index contributed by atoms with van der Waals surface area (Å²) in [5.74, 6) is 0. The highest BCUT2D eigenvalue weighted by molar-refractivity contribution is 6.01. The first kappa shape index (κ1) is 14.5. The van der Waals surface area contributed by atoms with E-state index < -0.39 is 0 Å². The Labute approximate surface area is 131 Å². The van der Waals surface area contributed by atoms with E-state index in [9.17, 15) is 0 Å². The second kappa shape index (κ2) is 5.41. The van der Waals surface area contributed by atoms with Crippen LogP contribution in [0.1, 0.15) is 41.9 Å². The molecule has 3 heterocycles. The van der Waals surface area contributed by atoms with Crippen LogP contribution in [0.4, 0.5) is 0 Å². The quantitative estimate of drug-likeness (QED) is 0.868. The molecule has 0 radical (unpaired) electrons. The molecule has 1 aliphatic heterocycles. The van der Waals surface area contributed by atoms with Crippen LogP contribution in [0.2, 0.25) is 0 Å². The van der Waals surface area contributed by atoms with Gasteiger partial charge < -0.3 is 4.98 Å². The molecule has 1 aliphatic rings. The molecular weight excluding hydrogens is 270 g/mol. The summed E-state index contributed by atoms with van der Waals surface area (Å²) >= 11 is 0. The summed E-state index contributed by atoms with van der Waals surface area (Å²) in [5.41, 5.74) is 10.4. The van der Waals surface area contributed by atoms with Gasteiger partial charge in [0.25, 0.3) is 0 Å². The average molecular weight is 291 g/mol. The van der Waals surface area contributed by atoms with E-state index in [0.717, 1.165) is 33.9 Å². The maximum atomic E-state index is 4.78. The Bertz CT molecular complexity index is 832. The Morgan fingerprint density at radius 1 is 1.05 bits per heavy atom. The van der Waals surface area contributed by atoms with Crippen LogP contribution in [0.15, 0.2) is 46.9 Å². The summed E-state index contributed by atoms with van der Waals surface area (Å²) in [4.78, 5) is 12.5. The lowest BCUT2D eigenvalue weighted by molar-refractivity contribution is 1.19. The van der Waals surface area contributed by atoms with Gasteiger partial charge in [-0.15, -0.1) is 0 Å². The zero-order valence-corrected chi connectivity index (χ0v) is 13.8. The normalized spacial score (nSPS) is 16.6. The first-order valence-electron chi connectivity index (χ1n) is 7.53. The van der Waals surface area contributed by atoms with Gasteiger partial charge in [-0.3, -0.25) is 9.98 Å². The van der Waals surface area contributed by atoms with Gasteiger partial charge in [0.15, 0.2) is 0 Å². The molecule has 0 saturated carbocycles. The Morgan fingerprint density at radius 2 is 1.82 bits per heavy atom. The molecule has 3 nitrogen and oxygen atoms in total. The van der Waals surface area contributed by atoms with Crippen LogP contribution in [-0.4, -0.2) is 15.7 Å². The molecule has 0 saturated heterocycles. The lowest BCUT2D eigenvalue weighted by Gasteiger charge is -2.14. The first-order valence-corrected chi connectivity index (χ1v) is 7.53. The van der Waals surface area contributed by atoms with Crippen molar-refractivity contribution >= 4 is 11.3 Å². The fourth-order valence-electron chi connectivity index (χ4n) is 3.05. The smallest absolute Gasteiger partial charge is 0.0762 e. The topological polar surface area (TPSA) is 41.0 Å². The van der Waals surface area contributed by atoms with Crippen LogP contribution in [0.5, 0.6) is 0 Å². The molecule has 0 bridgehead atoms. The first-order chi connectivity index (χ1) is 10.5. The molecule has 0 fully saturated rings. The fraction of sp³-hybridized carbons (Fsp3) is 0.263. The van der Waals surface area contributed by atoms with Crippen molar-refractivity contribution in [3.05, 3.63) is 70.0 Å². The average Bonchev–Trinajstić information content (AvgIpc) is 2.95. The number of nitrogens with one attached hydrogen (secondary N) is 1. The standard InChI is InChI=1S/C19H21N3/c1-11-8-14(4)21-18(11)17(16-6-7-20-10-13(16)3)19-12(2)9-15(5)22-19/h6-10,21H,1-5H3/b19-17-. The molecule has 1 N–H and O–H groups in total. The Balaban J connectivity index is 2.35. The minimum Gasteiger partial charge on any atom is -0.358 e. The number of allylic oxidation sites excluding steroid dienone is 2. The molecule has 0 atom stereocenters. The highest BCUT2D eigenvalue weighted by Crippen LogP contribution is 2.35. The summed E-state index contributed by atoms with van der Waals surface area (Å²) < 4.78 is 0. The Morgan fingerprint density at radius 3 is 2.36 bits per heavy atom. The summed E-state index contributed by atoms with van der Waals surface area (Å²) in [6.07, 6.45) is 5.89. The van der Waals surface area contributed by atoms with Crippen LogP contribution in [0.3, 0.4) is 0 Å². The van der Waals surface area contributed by atoms with Gasteiger partial charge in [-0.05, 0) is 75.1 Å². The highest BCUT2D eigenvalue weighted by atomic mass is 14.8. The van der Waals surface area contributed by atoms with Gasteiger partial charge in [-0.25, -0.2) is 0 Å². The summed E-state index contributed by atoms with van der Waals surface area (Å²) in [7, 11) is 0. The third kappa shape index (κ3) is 2.43. The number of nitrogens with zero attached hydrogens (tertiary/aromatic N) is 2. The maximum Gasteiger partial charge on any atom is 0.0762 e. The van der Waals surface area contributed by atoms with Crippen molar-refractivity contribution in [2.24, 2.45) is 4.99 Å². The van der Waals surface area contributed by atoms with Crippen molar-refractivity contribution < 1.29 is 0 Å². The number of aromatic amines is 1. The Kier molecular flexibility index (Phi) is 3.57. The van der Waals surface area contributed by atoms with E-state index in [4.69, 9.17) is 4.99 Å². The fourth-order valence-corrected chi connectivity index (χ4v) is 3.05. The van der Waals surface area contributed by atoms with Crippen LogP contribution in [-0.2, 0) is 0 Å². The van der Waals surface area contributed by atoms with Crippen molar-refractivity contribution in [1.29, 1.82) is 0 Å². The second-order valence-electron chi connectivity index (χ2n) is 6.01. The molecule has 22 heavy (non-hydrogen) atoms. The van der Waals surface area contributed by atoms with Crippen LogP contribution >= 0.6 is 0 Å². The van der Waals surface area contributed by atoms with Gasteiger partial charge >= 0.3 is 0 Å². The molecule has 2 aromatic rings. The van der Waals surface area contributed by atoms with Gasteiger partial charge in [-0.2, -0.15) is 0 Å². The second-order valence-corrected chi connectivity index (χ2v) is 6.01. The van der Waals surface area contributed by atoms with E-state index in [1.807, 2.05) is 19.3 Å². The molecule has 0 unspecified atom stereocenters. The number of aryl methyl sites for hydroxylation is 3. The largest absolute Gasteiger partial charge is 0.358 e. The number of H-pyrrole nitrogens is 1. The number of pyridine rings is 1. The third-order valence-electron chi connectivity index (χ3n) is 4.01. The summed E-state index contributed by atoms with van der Waals surface area (Å²) in [6.45, 7) is 10.5. The van der Waals surface area contributed by atoms with Gasteiger partial charge in [0.05, 0.1) is 11.4 Å². The molecule has 3 heteroatoms.